The number of carbonyl (C=O) groups is 1. The Hall–Kier alpha value is -2.81. The van der Waals surface area contributed by atoms with E-state index >= 15 is 0 Å². The Bertz CT molecular complexity index is 866. The number of nitro groups is 1. The Kier molecular flexibility index (Phi) is 6.37. The van der Waals surface area contributed by atoms with Gasteiger partial charge in [-0.15, -0.1) is 0 Å². The molecule has 2 saturated heterocycles. The van der Waals surface area contributed by atoms with Crippen LogP contribution in [0, 0.1) is 16.0 Å². The van der Waals surface area contributed by atoms with Gasteiger partial charge >= 0.3 is 0 Å². The predicted molar refractivity (Wildman–Crippen MR) is 113 cm³/mol. The molecule has 158 valence electrons. The zero-order valence-electron chi connectivity index (χ0n) is 16.8. The van der Waals surface area contributed by atoms with E-state index in [1.807, 2.05) is 6.07 Å². The minimum absolute atomic E-state index is 0.0253. The summed E-state index contributed by atoms with van der Waals surface area (Å²) in [6.07, 6.45) is 1.88. The zero-order valence-corrected chi connectivity index (χ0v) is 16.8. The van der Waals surface area contributed by atoms with Crippen LogP contribution in [0.3, 0.4) is 0 Å². The van der Waals surface area contributed by atoms with Gasteiger partial charge in [-0.1, -0.05) is 42.5 Å². The van der Waals surface area contributed by atoms with Crippen LogP contribution in [0.25, 0.3) is 0 Å². The van der Waals surface area contributed by atoms with Gasteiger partial charge in [-0.25, -0.2) is 5.43 Å². The summed E-state index contributed by atoms with van der Waals surface area (Å²) in [5.74, 6) is -0.230. The van der Waals surface area contributed by atoms with E-state index in [1.54, 1.807) is 12.1 Å². The van der Waals surface area contributed by atoms with E-state index in [2.05, 4.69) is 45.3 Å². The van der Waals surface area contributed by atoms with Gasteiger partial charge in [0.15, 0.2) is 0 Å². The van der Waals surface area contributed by atoms with Crippen LogP contribution >= 0.6 is 0 Å². The molecule has 1 amide bonds. The van der Waals surface area contributed by atoms with Crippen molar-refractivity contribution < 1.29 is 9.72 Å². The van der Waals surface area contributed by atoms with Gasteiger partial charge in [-0.05, 0) is 24.0 Å². The fourth-order valence-electron chi connectivity index (χ4n) is 4.25. The van der Waals surface area contributed by atoms with E-state index in [1.165, 1.54) is 17.7 Å². The second-order valence-electron chi connectivity index (χ2n) is 8.00. The number of nitrogens with zero attached hydrogens (tertiary/aromatic N) is 2. The van der Waals surface area contributed by atoms with Gasteiger partial charge in [0.25, 0.3) is 5.69 Å². The quantitative estimate of drug-likeness (QED) is 0.499. The molecule has 0 spiro atoms. The molecule has 2 aliphatic rings. The number of amides is 1. The van der Waals surface area contributed by atoms with E-state index in [0.717, 1.165) is 38.0 Å². The third kappa shape index (κ3) is 4.84. The molecule has 2 aromatic carbocycles. The summed E-state index contributed by atoms with van der Waals surface area (Å²) >= 11 is 0. The molecule has 3 N–H and O–H groups in total. The highest BCUT2D eigenvalue weighted by molar-refractivity contribution is 5.80. The normalized spacial score (nSPS) is 22.7. The predicted octanol–water partition coefficient (Wildman–Crippen LogP) is 2.14. The van der Waals surface area contributed by atoms with Crippen molar-refractivity contribution in [1.29, 1.82) is 0 Å². The Labute approximate surface area is 175 Å². The average molecular weight is 409 g/mol. The Balaban J connectivity index is 1.29. The monoisotopic (exact) mass is 409 g/mol. The second-order valence-corrected chi connectivity index (χ2v) is 8.00. The first kappa shape index (κ1) is 20.5. The number of carbonyl (C=O) groups excluding carboxylic acids is 1. The number of hydrogen-bond donors (Lipinski definition) is 3. The van der Waals surface area contributed by atoms with Crippen LogP contribution in [0.1, 0.15) is 30.0 Å². The molecule has 2 heterocycles. The molecule has 30 heavy (non-hydrogen) atoms. The summed E-state index contributed by atoms with van der Waals surface area (Å²) in [6, 6.07) is 16.8. The second kappa shape index (κ2) is 9.34. The van der Waals surface area contributed by atoms with E-state index < -0.39 is 4.92 Å². The Morgan fingerprint density at radius 1 is 1.10 bits per heavy atom. The highest BCUT2D eigenvalue weighted by Gasteiger charge is 2.35. The number of hydrazine groups is 1. The van der Waals surface area contributed by atoms with Crippen molar-refractivity contribution in [3.63, 3.8) is 0 Å². The lowest BCUT2D eigenvalue weighted by Gasteiger charge is -2.33. The van der Waals surface area contributed by atoms with Crippen molar-refractivity contribution in [2.24, 2.45) is 5.92 Å². The fraction of sp³-hybridized carbons (Fsp3) is 0.409. The molecule has 2 aromatic rings. The minimum atomic E-state index is -0.418. The van der Waals surface area contributed by atoms with E-state index in [-0.39, 0.29) is 29.6 Å². The number of benzene rings is 2. The molecule has 4 rings (SSSR count). The lowest BCUT2D eigenvalue weighted by atomic mass is 9.93. The molecule has 0 saturated carbocycles. The van der Waals surface area contributed by atoms with Crippen LogP contribution < -0.4 is 16.2 Å². The van der Waals surface area contributed by atoms with E-state index in [0.29, 0.717) is 6.54 Å². The molecule has 0 radical (unpaired) electrons. The number of hydrogen-bond acceptors (Lipinski definition) is 6. The molecular weight excluding hydrogens is 382 g/mol. The van der Waals surface area contributed by atoms with Crippen LogP contribution in [0.15, 0.2) is 54.6 Å². The standard InChI is InChI=1S/C22H27N5O3/c28-22(20-14-23-25-21(20)17-6-8-19(9-7-17)27(29)30)24-18-10-12-26(13-11-18)15-16-4-2-1-3-5-16/h1-9,18,20-21,23,25H,10-15H2,(H,24,28). The zero-order chi connectivity index (χ0) is 20.9. The maximum atomic E-state index is 12.9. The summed E-state index contributed by atoms with van der Waals surface area (Å²) in [6.45, 7) is 3.40. The van der Waals surface area contributed by atoms with Crippen LogP contribution in [0.4, 0.5) is 5.69 Å². The summed E-state index contributed by atoms with van der Waals surface area (Å²) < 4.78 is 0. The molecule has 8 heteroatoms. The van der Waals surface area contributed by atoms with Gasteiger partial charge in [0.05, 0.1) is 16.9 Å². The van der Waals surface area contributed by atoms with Crippen molar-refractivity contribution in [3.8, 4) is 0 Å². The first-order valence-electron chi connectivity index (χ1n) is 10.4. The van der Waals surface area contributed by atoms with Crippen molar-refractivity contribution in [2.45, 2.75) is 31.5 Å². The molecule has 2 unspecified atom stereocenters. The number of piperidine rings is 1. The molecule has 2 aliphatic heterocycles. The van der Waals surface area contributed by atoms with Crippen molar-refractivity contribution >= 4 is 11.6 Å². The highest BCUT2D eigenvalue weighted by Crippen LogP contribution is 2.27. The topological polar surface area (TPSA) is 99.5 Å². The number of non-ortho nitro benzene ring substituents is 1. The first-order chi connectivity index (χ1) is 14.6. The van der Waals surface area contributed by atoms with Crippen molar-refractivity contribution in [1.82, 2.24) is 21.1 Å². The van der Waals surface area contributed by atoms with Crippen LogP contribution in [0.2, 0.25) is 0 Å². The van der Waals surface area contributed by atoms with Gasteiger partial charge in [0.1, 0.15) is 0 Å². The largest absolute Gasteiger partial charge is 0.353 e. The first-order valence-corrected chi connectivity index (χ1v) is 10.4. The number of likely N-dealkylation sites (tertiary alicyclic amines) is 1. The van der Waals surface area contributed by atoms with Gasteiger partial charge < -0.3 is 5.32 Å². The maximum absolute atomic E-state index is 12.9. The molecule has 2 atom stereocenters. The molecule has 2 fully saturated rings. The van der Waals surface area contributed by atoms with Gasteiger partial charge in [-0.2, -0.15) is 0 Å². The Morgan fingerprint density at radius 2 is 1.80 bits per heavy atom. The van der Waals surface area contributed by atoms with Gasteiger partial charge in [-0.3, -0.25) is 25.2 Å². The summed E-state index contributed by atoms with van der Waals surface area (Å²) in [5.41, 5.74) is 8.42. The van der Waals surface area contributed by atoms with E-state index in [4.69, 9.17) is 0 Å². The summed E-state index contributed by atoms with van der Waals surface area (Å²) in [5, 5.41) is 14.1. The van der Waals surface area contributed by atoms with Crippen LogP contribution in [-0.2, 0) is 11.3 Å². The van der Waals surface area contributed by atoms with E-state index in [9.17, 15) is 14.9 Å². The van der Waals surface area contributed by atoms with Crippen molar-refractivity contribution in [2.75, 3.05) is 19.6 Å². The number of nitro benzene ring substituents is 1. The van der Waals surface area contributed by atoms with Crippen molar-refractivity contribution in [3.05, 3.63) is 75.8 Å². The molecule has 0 bridgehead atoms. The lowest BCUT2D eigenvalue weighted by Crippen LogP contribution is -2.47. The summed E-state index contributed by atoms with van der Waals surface area (Å²) in [7, 11) is 0. The van der Waals surface area contributed by atoms with Crippen LogP contribution in [-0.4, -0.2) is 41.4 Å². The smallest absolute Gasteiger partial charge is 0.269 e. The summed E-state index contributed by atoms with van der Waals surface area (Å²) in [4.78, 5) is 25.8. The molecule has 0 aliphatic carbocycles. The Morgan fingerprint density at radius 3 is 2.47 bits per heavy atom. The SMILES string of the molecule is O=C(NC1CCN(Cc2ccccc2)CC1)C1CNNC1c1ccc([N+](=O)[O-])cc1. The molecular formula is C22H27N5O3. The lowest BCUT2D eigenvalue weighted by molar-refractivity contribution is -0.384. The average Bonchev–Trinajstić information content (AvgIpc) is 3.26. The highest BCUT2D eigenvalue weighted by atomic mass is 16.6. The van der Waals surface area contributed by atoms with Gasteiger partial charge in [0, 0.05) is 44.4 Å². The minimum Gasteiger partial charge on any atom is -0.353 e. The van der Waals surface area contributed by atoms with Crippen LogP contribution in [0.5, 0.6) is 0 Å². The third-order valence-electron chi connectivity index (χ3n) is 5.96. The maximum Gasteiger partial charge on any atom is 0.269 e. The number of rotatable bonds is 6. The third-order valence-corrected chi connectivity index (χ3v) is 5.96. The molecule has 8 nitrogen and oxygen atoms in total. The fourth-order valence-corrected chi connectivity index (χ4v) is 4.25. The van der Waals surface area contributed by atoms with Gasteiger partial charge in [0.2, 0.25) is 5.91 Å². The number of nitrogens with one attached hydrogen (secondary N) is 3. The molecule has 0 aromatic heterocycles.